The summed E-state index contributed by atoms with van der Waals surface area (Å²) in [7, 11) is 0. The van der Waals surface area contributed by atoms with E-state index in [1.165, 1.54) is 23.2 Å². The van der Waals surface area contributed by atoms with Gasteiger partial charge in [-0.25, -0.2) is 9.97 Å². The van der Waals surface area contributed by atoms with Gasteiger partial charge in [0.25, 0.3) is 11.3 Å². The smallest absolute Gasteiger partial charge is 0.268 e. The zero-order valence-corrected chi connectivity index (χ0v) is 14.3. The average Bonchev–Trinajstić information content (AvgIpc) is 3.20. The quantitative estimate of drug-likeness (QED) is 0.465. The minimum Gasteiger partial charge on any atom is -0.268 e. The Kier molecular flexibility index (Phi) is 2.81. The van der Waals surface area contributed by atoms with Gasteiger partial charge in [0, 0.05) is 6.20 Å². The van der Waals surface area contributed by atoms with Crippen LogP contribution in [-0.4, -0.2) is 29.1 Å². The molecule has 0 bridgehead atoms. The third-order valence-corrected chi connectivity index (χ3v) is 5.21. The molecular formula is C17H12N6OS. The number of thiazole rings is 1. The fourth-order valence-corrected chi connectivity index (χ4v) is 4.05. The van der Waals surface area contributed by atoms with Crippen LogP contribution in [0.3, 0.4) is 0 Å². The number of benzene rings is 1. The fraction of sp³-hybridized carbons (Fsp3) is 0.118. The summed E-state index contributed by atoms with van der Waals surface area (Å²) in [6.07, 6.45) is 3.17. The van der Waals surface area contributed by atoms with E-state index in [1.54, 1.807) is 15.3 Å². The van der Waals surface area contributed by atoms with Crippen molar-refractivity contribution in [3.05, 3.63) is 58.4 Å². The number of fused-ring (bicyclic) bond motifs is 4. The Bertz CT molecular complexity index is 1350. The van der Waals surface area contributed by atoms with E-state index in [9.17, 15) is 4.79 Å². The predicted molar refractivity (Wildman–Crippen MR) is 96.5 cm³/mol. The summed E-state index contributed by atoms with van der Waals surface area (Å²) in [6, 6.07) is 7.92. The van der Waals surface area contributed by atoms with E-state index in [4.69, 9.17) is 0 Å². The molecule has 0 amide bonds. The fourth-order valence-electron chi connectivity index (χ4n) is 3.00. The highest BCUT2D eigenvalue weighted by atomic mass is 32.1. The standard InChI is InChI=1S/C17H12N6OS/c1-9-3-4-11-13(7-9)25-17(21-11)22-6-5-12-14(15(22)24)10(2)20-16-18-8-19-23(12)16/h3-8H,1-2H3. The van der Waals surface area contributed by atoms with Crippen molar-refractivity contribution in [1.29, 1.82) is 0 Å². The van der Waals surface area contributed by atoms with E-state index in [0.29, 0.717) is 27.5 Å². The predicted octanol–water partition coefficient (Wildman–Crippen LogP) is 2.65. The number of hydrogen-bond donors (Lipinski definition) is 0. The number of aryl methyl sites for hydroxylation is 2. The van der Waals surface area contributed by atoms with E-state index < -0.39 is 0 Å². The molecule has 1 aromatic carbocycles. The largest absolute Gasteiger partial charge is 0.268 e. The molecule has 0 saturated carbocycles. The number of rotatable bonds is 1. The highest BCUT2D eigenvalue weighted by Gasteiger charge is 2.15. The first-order valence-corrected chi connectivity index (χ1v) is 8.53. The van der Waals surface area contributed by atoms with Gasteiger partial charge in [0.1, 0.15) is 6.33 Å². The molecule has 4 heterocycles. The van der Waals surface area contributed by atoms with Crippen molar-refractivity contribution in [2.24, 2.45) is 0 Å². The molecule has 0 fully saturated rings. The molecular weight excluding hydrogens is 336 g/mol. The van der Waals surface area contributed by atoms with Crippen LogP contribution in [0.15, 0.2) is 41.6 Å². The topological polar surface area (TPSA) is 78.0 Å². The molecule has 0 aliphatic heterocycles. The van der Waals surface area contributed by atoms with Gasteiger partial charge in [-0.3, -0.25) is 9.36 Å². The summed E-state index contributed by atoms with van der Waals surface area (Å²) < 4.78 is 4.21. The maximum absolute atomic E-state index is 13.1. The Morgan fingerprint density at radius 2 is 2.00 bits per heavy atom. The molecule has 0 N–H and O–H groups in total. The third-order valence-electron chi connectivity index (χ3n) is 4.20. The van der Waals surface area contributed by atoms with Crippen LogP contribution in [0.5, 0.6) is 0 Å². The minimum atomic E-state index is -0.157. The van der Waals surface area contributed by atoms with Crippen LogP contribution in [0, 0.1) is 13.8 Å². The van der Waals surface area contributed by atoms with Gasteiger partial charge in [0.2, 0.25) is 0 Å². The maximum Gasteiger partial charge on any atom is 0.268 e. The van der Waals surface area contributed by atoms with Gasteiger partial charge in [-0.15, -0.1) is 0 Å². The van der Waals surface area contributed by atoms with Crippen molar-refractivity contribution in [2.75, 3.05) is 0 Å². The van der Waals surface area contributed by atoms with Crippen molar-refractivity contribution >= 4 is 38.2 Å². The second-order valence-electron chi connectivity index (χ2n) is 5.89. The highest BCUT2D eigenvalue weighted by molar-refractivity contribution is 7.20. The second kappa shape index (κ2) is 4.93. The molecule has 5 aromatic rings. The molecule has 7 nitrogen and oxygen atoms in total. The number of nitrogens with zero attached hydrogens (tertiary/aromatic N) is 6. The zero-order valence-electron chi connectivity index (χ0n) is 13.5. The van der Waals surface area contributed by atoms with Gasteiger partial charge in [-0.05, 0) is 37.6 Å². The Balaban J connectivity index is 1.84. The number of hydrogen-bond acceptors (Lipinski definition) is 6. The summed E-state index contributed by atoms with van der Waals surface area (Å²) in [6.45, 7) is 3.85. The Hall–Kier alpha value is -3.13. The molecule has 0 aliphatic rings. The van der Waals surface area contributed by atoms with E-state index in [2.05, 4.69) is 26.1 Å². The molecule has 4 aromatic heterocycles. The molecule has 8 heteroatoms. The van der Waals surface area contributed by atoms with Crippen molar-refractivity contribution in [3.8, 4) is 5.13 Å². The molecule has 0 radical (unpaired) electrons. The lowest BCUT2D eigenvalue weighted by Gasteiger charge is -2.06. The maximum atomic E-state index is 13.1. The van der Waals surface area contributed by atoms with Gasteiger partial charge in [-0.2, -0.15) is 14.6 Å². The van der Waals surface area contributed by atoms with Gasteiger partial charge < -0.3 is 0 Å². The molecule has 0 aliphatic carbocycles. The average molecular weight is 348 g/mol. The number of pyridine rings is 1. The molecule has 5 rings (SSSR count). The van der Waals surface area contributed by atoms with E-state index in [0.717, 1.165) is 10.2 Å². The molecule has 25 heavy (non-hydrogen) atoms. The normalized spacial score (nSPS) is 11.8. The molecule has 0 unspecified atom stereocenters. The minimum absolute atomic E-state index is 0.157. The van der Waals surface area contributed by atoms with Crippen molar-refractivity contribution in [3.63, 3.8) is 0 Å². The summed E-state index contributed by atoms with van der Waals surface area (Å²) in [4.78, 5) is 26.2. The Morgan fingerprint density at radius 1 is 1.12 bits per heavy atom. The lowest BCUT2D eigenvalue weighted by Crippen LogP contribution is -2.20. The van der Waals surface area contributed by atoms with Crippen LogP contribution < -0.4 is 5.56 Å². The first-order valence-electron chi connectivity index (χ1n) is 7.71. The van der Waals surface area contributed by atoms with Crippen LogP contribution in [0.2, 0.25) is 0 Å². The van der Waals surface area contributed by atoms with Crippen LogP contribution in [0.1, 0.15) is 11.3 Å². The SMILES string of the molecule is Cc1ccc2nc(-n3ccc4c(c(C)nc5ncnn54)c3=O)sc2c1. The van der Waals surface area contributed by atoms with Gasteiger partial charge in [-0.1, -0.05) is 17.4 Å². The molecule has 0 spiro atoms. The number of aromatic nitrogens is 6. The highest BCUT2D eigenvalue weighted by Crippen LogP contribution is 2.25. The van der Waals surface area contributed by atoms with Crippen molar-refractivity contribution < 1.29 is 0 Å². The Morgan fingerprint density at radius 3 is 2.88 bits per heavy atom. The van der Waals surface area contributed by atoms with Gasteiger partial charge in [0.05, 0.1) is 26.8 Å². The third kappa shape index (κ3) is 2.01. The summed E-state index contributed by atoms with van der Waals surface area (Å²) in [5.74, 6) is 0.484. The lowest BCUT2D eigenvalue weighted by atomic mass is 10.2. The van der Waals surface area contributed by atoms with Crippen molar-refractivity contribution in [1.82, 2.24) is 29.1 Å². The summed E-state index contributed by atoms with van der Waals surface area (Å²) in [5.41, 5.74) is 3.22. The Labute approximate surface area is 145 Å². The van der Waals surface area contributed by atoms with E-state index >= 15 is 0 Å². The summed E-state index contributed by atoms with van der Waals surface area (Å²) in [5, 5.41) is 5.33. The van der Waals surface area contributed by atoms with Gasteiger partial charge in [0.15, 0.2) is 5.13 Å². The van der Waals surface area contributed by atoms with Crippen LogP contribution >= 0.6 is 11.3 Å². The van der Waals surface area contributed by atoms with Crippen LogP contribution in [0.4, 0.5) is 0 Å². The van der Waals surface area contributed by atoms with Crippen LogP contribution in [0.25, 0.3) is 32.0 Å². The van der Waals surface area contributed by atoms with E-state index in [1.807, 2.05) is 32.0 Å². The monoisotopic (exact) mass is 348 g/mol. The molecule has 0 atom stereocenters. The summed E-state index contributed by atoms with van der Waals surface area (Å²) >= 11 is 1.50. The first-order chi connectivity index (χ1) is 12.1. The van der Waals surface area contributed by atoms with Crippen LogP contribution in [-0.2, 0) is 0 Å². The molecule has 0 saturated heterocycles. The molecule has 122 valence electrons. The lowest BCUT2D eigenvalue weighted by molar-refractivity contribution is 0.945. The second-order valence-corrected chi connectivity index (χ2v) is 6.90. The van der Waals surface area contributed by atoms with Crippen molar-refractivity contribution in [2.45, 2.75) is 13.8 Å². The van der Waals surface area contributed by atoms with Gasteiger partial charge >= 0.3 is 0 Å². The first kappa shape index (κ1) is 14.2. The van der Waals surface area contributed by atoms with E-state index in [-0.39, 0.29) is 5.56 Å². The zero-order chi connectivity index (χ0) is 17.1.